The van der Waals surface area contributed by atoms with Gasteiger partial charge in [-0.3, -0.25) is 0 Å². The molecule has 0 amide bonds. The van der Waals surface area contributed by atoms with Crippen molar-refractivity contribution in [1.29, 1.82) is 0 Å². The Morgan fingerprint density at radius 1 is 1.00 bits per heavy atom. The Morgan fingerprint density at radius 2 is 1.65 bits per heavy atom. The van der Waals surface area contributed by atoms with Crippen LogP contribution in [0.2, 0.25) is 0 Å². The van der Waals surface area contributed by atoms with Crippen molar-refractivity contribution in [3.8, 4) is 0 Å². The summed E-state index contributed by atoms with van der Waals surface area (Å²) in [5.41, 5.74) is 1.30. The number of fused-ring (bicyclic) bond motifs is 1. The summed E-state index contributed by atoms with van der Waals surface area (Å²) in [6.07, 6.45) is 0. The summed E-state index contributed by atoms with van der Waals surface area (Å²) in [4.78, 5) is -0.0944. The standard InChI is InChI=1S/C12H12O3S.Na/c1-8-4-3-5-10-7-6-9(2)12(11(8)10)16(13,14)15;/h3-7H,1-2H3,(H,13,14,15);/q;+1/p-1. The summed E-state index contributed by atoms with van der Waals surface area (Å²) in [7, 11) is -4.43. The van der Waals surface area contributed by atoms with Gasteiger partial charge in [0.2, 0.25) is 0 Å². The molecule has 0 atom stereocenters. The van der Waals surface area contributed by atoms with E-state index in [1.165, 1.54) is 0 Å². The van der Waals surface area contributed by atoms with Gasteiger partial charge in [-0.05, 0) is 30.4 Å². The largest absolute Gasteiger partial charge is 1.00 e. The smallest absolute Gasteiger partial charge is 0.744 e. The Balaban J connectivity index is 0.00000144. The van der Waals surface area contributed by atoms with E-state index in [-0.39, 0.29) is 34.5 Å². The van der Waals surface area contributed by atoms with Crippen molar-refractivity contribution in [3.05, 3.63) is 41.5 Å². The Bertz CT molecular complexity index is 663. The van der Waals surface area contributed by atoms with Crippen molar-refractivity contribution >= 4 is 20.9 Å². The molecule has 0 saturated heterocycles. The van der Waals surface area contributed by atoms with Gasteiger partial charge in [-0.15, -0.1) is 0 Å². The van der Waals surface area contributed by atoms with E-state index in [2.05, 4.69) is 0 Å². The molecule has 0 unspecified atom stereocenters. The minimum Gasteiger partial charge on any atom is -0.744 e. The van der Waals surface area contributed by atoms with Crippen LogP contribution in [0, 0.1) is 13.8 Å². The Morgan fingerprint density at radius 3 is 2.24 bits per heavy atom. The van der Waals surface area contributed by atoms with E-state index in [4.69, 9.17) is 0 Å². The van der Waals surface area contributed by atoms with Crippen LogP contribution < -0.4 is 29.6 Å². The zero-order valence-electron chi connectivity index (χ0n) is 10.0. The molecule has 2 aromatic rings. The monoisotopic (exact) mass is 258 g/mol. The first-order valence-electron chi connectivity index (χ1n) is 4.86. The molecule has 0 aliphatic carbocycles. The fourth-order valence-electron chi connectivity index (χ4n) is 1.95. The van der Waals surface area contributed by atoms with Crippen molar-refractivity contribution in [2.45, 2.75) is 18.7 Å². The summed E-state index contributed by atoms with van der Waals surface area (Å²) in [6, 6.07) is 8.93. The van der Waals surface area contributed by atoms with E-state index in [1.54, 1.807) is 32.0 Å². The number of hydrogen-bond donors (Lipinski definition) is 0. The van der Waals surface area contributed by atoms with Gasteiger partial charge in [-0.25, -0.2) is 8.42 Å². The summed E-state index contributed by atoms with van der Waals surface area (Å²) in [6.45, 7) is 3.44. The molecule has 0 N–H and O–H groups in total. The van der Waals surface area contributed by atoms with Gasteiger partial charge in [0.25, 0.3) is 0 Å². The molecule has 0 radical (unpaired) electrons. The van der Waals surface area contributed by atoms with E-state index < -0.39 is 10.1 Å². The van der Waals surface area contributed by atoms with Crippen molar-refractivity contribution < 1.29 is 42.5 Å². The summed E-state index contributed by atoms with van der Waals surface area (Å²) >= 11 is 0. The third-order valence-electron chi connectivity index (χ3n) is 2.65. The molecule has 2 rings (SSSR count). The second kappa shape index (κ2) is 5.08. The van der Waals surface area contributed by atoms with Crippen LogP contribution in [0.4, 0.5) is 0 Å². The van der Waals surface area contributed by atoms with Gasteiger partial charge in [-0.2, -0.15) is 0 Å². The first-order valence-corrected chi connectivity index (χ1v) is 6.27. The third kappa shape index (κ3) is 2.72. The number of aryl methyl sites for hydroxylation is 2. The fourth-order valence-corrected chi connectivity index (χ4v) is 2.94. The number of hydrogen-bond acceptors (Lipinski definition) is 3. The van der Waals surface area contributed by atoms with Gasteiger partial charge in [0.15, 0.2) is 0 Å². The van der Waals surface area contributed by atoms with Gasteiger partial charge >= 0.3 is 29.6 Å². The van der Waals surface area contributed by atoms with Crippen LogP contribution in [0.15, 0.2) is 35.2 Å². The molecule has 0 heterocycles. The fraction of sp³-hybridized carbons (Fsp3) is 0.167. The molecule has 17 heavy (non-hydrogen) atoms. The Labute approximate surface area is 123 Å². The first-order chi connectivity index (χ1) is 7.41. The molecule has 0 aliphatic heterocycles. The SMILES string of the molecule is Cc1ccc2cccc(C)c2c1S(=O)(=O)[O-].[Na+]. The van der Waals surface area contributed by atoms with Crippen molar-refractivity contribution in [2.24, 2.45) is 0 Å². The molecule has 0 spiro atoms. The topological polar surface area (TPSA) is 57.2 Å². The van der Waals surface area contributed by atoms with Crippen LogP contribution in [-0.4, -0.2) is 13.0 Å². The van der Waals surface area contributed by atoms with E-state index in [9.17, 15) is 13.0 Å². The van der Waals surface area contributed by atoms with Crippen LogP contribution in [-0.2, 0) is 10.1 Å². The molecule has 0 fully saturated rings. The maximum absolute atomic E-state index is 11.3. The predicted octanol–water partition coefficient (Wildman–Crippen LogP) is -0.635. The molecule has 84 valence electrons. The van der Waals surface area contributed by atoms with Crippen LogP contribution in [0.5, 0.6) is 0 Å². The maximum atomic E-state index is 11.3. The minimum absolute atomic E-state index is 0. The van der Waals surface area contributed by atoms with Crippen molar-refractivity contribution in [3.63, 3.8) is 0 Å². The van der Waals surface area contributed by atoms with Gasteiger partial charge in [0.1, 0.15) is 10.1 Å². The Hall–Kier alpha value is -0.390. The summed E-state index contributed by atoms with van der Waals surface area (Å²) in [5, 5.41) is 1.32. The molecular formula is C12H11NaO3S. The van der Waals surface area contributed by atoms with Crippen molar-refractivity contribution in [2.75, 3.05) is 0 Å². The average Bonchev–Trinajstić information content (AvgIpc) is 2.17. The summed E-state index contributed by atoms with van der Waals surface area (Å²) in [5.74, 6) is 0. The molecule has 0 bridgehead atoms. The molecule has 5 heteroatoms. The second-order valence-corrected chi connectivity index (χ2v) is 5.16. The summed E-state index contributed by atoms with van der Waals surface area (Å²) < 4.78 is 33.8. The zero-order chi connectivity index (χ0) is 11.9. The Kier molecular flexibility index (Phi) is 4.38. The van der Waals surface area contributed by atoms with Crippen LogP contribution in [0.3, 0.4) is 0 Å². The van der Waals surface area contributed by atoms with Crippen molar-refractivity contribution in [1.82, 2.24) is 0 Å². The third-order valence-corrected chi connectivity index (χ3v) is 3.68. The normalized spacial score (nSPS) is 11.2. The molecule has 3 nitrogen and oxygen atoms in total. The van der Waals surface area contributed by atoms with Gasteiger partial charge < -0.3 is 4.55 Å². The van der Waals surface area contributed by atoms with E-state index in [0.717, 1.165) is 10.9 Å². The number of benzene rings is 2. The maximum Gasteiger partial charge on any atom is 1.00 e. The van der Waals surface area contributed by atoms with E-state index in [0.29, 0.717) is 10.9 Å². The van der Waals surface area contributed by atoms with E-state index >= 15 is 0 Å². The minimum atomic E-state index is -4.43. The molecule has 0 saturated carbocycles. The van der Waals surface area contributed by atoms with Gasteiger partial charge in [-0.1, -0.05) is 30.3 Å². The zero-order valence-corrected chi connectivity index (χ0v) is 12.8. The van der Waals surface area contributed by atoms with Gasteiger partial charge in [0, 0.05) is 5.39 Å². The van der Waals surface area contributed by atoms with Crippen LogP contribution in [0.1, 0.15) is 11.1 Å². The second-order valence-electron chi connectivity index (χ2n) is 3.84. The predicted molar refractivity (Wildman–Crippen MR) is 61.4 cm³/mol. The first kappa shape index (κ1) is 14.7. The molecule has 2 aromatic carbocycles. The quantitative estimate of drug-likeness (QED) is 0.505. The van der Waals surface area contributed by atoms with E-state index in [1.807, 2.05) is 12.1 Å². The molecule has 0 aliphatic rings. The average molecular weight is 258 g/mol. The molecule has 0 aromatic heterocycles. The van der Waals surface area contributed by atoms with Crippen LogP contribution in [0.25, 0.3) is 10.8 Å². The molecular weight excluding hydrogens is 247 g/mol. The van der Waals surface area contributed by atoms with Crippen LogP contribution >= 0.6 is 0 Å². The number of rotatable bonds is 1. The van der Waals surface area contributed by atoms with Gasteiger partial charge in [0.05, 0.1) is 4.90 Å².